The lowest BCUT2D eigenvalue weighted by atomic mass is 10.0. The molecule has 36 heavy (non-hydrogen) atoms. The van der Waals surface area contributed by atoms with Crippen molar-refractivity contribution >= 4 is 10.9 Å². The van der Waals surface area contributed by atoms with Crippen molar-refractivity contribution in [3.8, 4) is 28.2 Å². The van der Waals surface area contributed by atoms with Gasteiger partial charge >= 0.3 is 12.4 Å². The minimum absolute atomic E-state index is 0.0852. The fraction of sp³-hybridized carbons (Fsp3) is 0.125. The van der Waals surface area contributed by atoms with E-state index in [-0.39, 0.29) is 12.2 Å². The molecule has 4 rings (SSSR count). The van der Waals surface area contributed by atoms with Crippen LogP contribution in [0.5, 0.6) is 0 Å². The quantitative estimate of drug-likeness (QED) is 0.245. The Balaban J connectivity index is 1.77. The molecule has 0 bridgehead atoms. The topological polar surface area (TPSA) is 64.0 Å². The minimum Gasteiger partial charge on any atom is -0.299 e. The molecule has 4 aromatic rings. The largest absolute Gasteiger partial charge is 0.434 e. The minimum atomic E-state index is -4.86. The maximum Gasteiger partial charge on any atom is 0.434 e. The number of hydrogen-bond donors (Lipinski definition) is 2. The molecule has 5 nitrogen and oxygen atoms in total. The van der Waals surface area contributed by atoms with E-state index in [9.17, 15) is 34.8 Å². The van der Waals surface area contributed by atoms with E-state index in [2.05, 4.69) is 9.71 Å². The normalized spacial score (nSPS) is 12.3. The summed E-state index contributed by atoms with van der Waals surface area (Å²) in [6, 6.07) is 17.4. The lowest BCUT2D eigenvalue weighted by Crippen LogP contribution is -2.10. The second-order valence-electron chi connectivity index (χ2n) is 7.70. The van der Waals surface area contributed by atoms with Crippen LogP contribution in [-0.2, 0) is 29.8 Å². The molecule has 0 radical (unpaired) electrons. The maximum atomic E-state index is 13.6. The highest BCUT2D eigenvalue weighted by Crippen LogP contribution is 2.39. The number of benzene rings is 3. The Morgan fingerprint density at radius 3 is 2.14 bits per heavy atom. The molecule has 188 valence electrons. The van der Waals surface area contributed by atoms with E-state index < -0.39 is 45.9 Å². The summed E-state index contributed by atoms with van der Waals surface area (Å²) < 4.78 is 106. The molecule has 1 N–H and O–H groups in total. The van der Waals surface area contributed by atoms with Crippen molar-refractivity contribution in [3.63, 3.8) is 0 Å². The smallest absolute Gasteiger partial charge is 0.299 e. The van der Waals surface area contributed by atoms with E-state index in [1.54, 1.807) is 36.4 Å². The Morgan fingerprint density at radius 2 is 1.50 bits per heavy atom. The Kier molecular flexibility index (Phi) is 6.92. The van der Waals surface area contributed by atoms with Crippen LogP contribution in [0, 0.1) is 0 Å². The van der Waals surface area contributed by atoms with Crippen molar-refractivity contribution < 1.29 is 34.8 Å². The van der Waals surface area contributed by atoms with E-state index in [1.807, 2.05) is 0 Å². The highest BCUT2D eigenvalue weighted by molar-refractivity contribution is 7.70. The molecular weight excluding hydrogens is 508 g/mol. The van der Waals surface area contributed by atoms with Gasteiger partial charge in [-0.3, -0.25) is 4.57 Å². The van der Waals surface area contributed by atoms with Gasteiger partial charge in [0, 0.05) is 24.0 Å². The SMILES string of the molecule is O=[SH](=O)NCc1cccc(-c2ccc(-n3cc(C(F)(F)F)nc3-c3ccccc3C(F)(F)F)cc2)c1. The summed E-state index contributed by atoms with van der Waals surface area (Å²) in [6.07, 6.45) is -9.00. The molecule has 0 aliphatic carbocycles. The van der Waals surface area contributed by atoms with Gasteiger partial charge in [0.1, 0.15) is 5.82 Å². The molecule has 1 heterocycles. The van der Waals surface area contributed by atoms with Gasteiger partial charge in [0.05, 0.1) is 5.56 Å². The first-order chi connectivity index (χ1) is 16.9. The number of halogens is 6. The second-order valence-corrected chi connectivity index (χ2v) is 8.53. The monoisotopic (exact) mass is 525 g/mol. The molecule has 0 aliphatic heterocycles. The third kappa shape index (κ3) is 5.60. The van der Waals surface area contributed by atoms with E-state index in [0.29, 0.717) is 22.9 Å². The average molecular weight is 525 g/mol. The summed E-state index contributed by atoms with van der Waals surface area (Å²) in [5.41, 5.74) is -0.669. The first kappa shape index (κ1) is 25.5. The summed E-state index contributed by atoms with van der Waals surface area (Å²) in [4.78, 5) is 3.51. The Labute approximate surface area is 203 Å². The van der Waals surface area contributed by atoms with Crippen molar-refractivity contribution in [2.45, 2.75) is 18.9 Å². The van der Waals surface area contributed by atoms with Crippen LogP contribution in [0.2, 0.25) is 0 Å². The molecule has 0 amide bonds. The average Bonchev–Trinajstić information content (AvgIpc) is 3.29. The Hall–Kier alpha value is -3.64. The molecule has 0 saturated heterocycles. The maximum absolute atomic E-state index is 13.6. The van der Waals surface area contributed by atoms with Gasteiger partial charge in [-0.2, -0.15) is 26.3 Å². The van der Waals surface area contributed by atoms with E-state index in [0.717, 1.165) is 22.8 Å². The lowest BCUT2D eigenvalue weighted by Gasteiger charge is -2.14. The molecule has 0 fully saturated rings. The zero-order valence-electron chi connectivity index (χ0n) is 18.1. The second kappa shape index (κ2) is 9.78. The van der Waals surface area contributed by atoms with Crippen LogP contribution in [0.3, 0.4) is 0 Å². The van der Waals surface area contributed by atoms with Gasteiger partial charge in [-0.1, -0.05) is 48.5 Å². The van der Waals surface area contributed by atoms with Crippen LogP contribution in [0.1, 0.15) is 16.8 Å². The van der Waals surface area contributed by atoms with Gasteiger partial charge in [-0.05, 0) is 41.0 Å². The van der Waals surface area contributed by atoms with Gasteiger partial charge in [-0.25, -0.2) is 18.1 Å². The number of aromatic nitrogens is 2. The van der Waals surface area contributed by atoms with Crippen molar-refractivity contribution in [3.05, 3.63) is 95.8 Å². The van der Waals surface area contributed by atoms with E-state index in [1.165, 1.54) is 18.2 Å². The summed E-state index contributed by atoms with van der Waals surface area (Å²) >= 11 is 0. The third-order valence-corrected chi connectivity index (χ3v) is 5.70. The van der Waals surface area contributed by atoms with Gasteiger partial charge in [0.25, 0.3) is 0 Å². The van der Waals surface area contributed by atoms with Gasteiger partial charge in [0.15, 0.2) is 5.69 Å². The van der Waals surface area contributed by atoms with Crippen LogP contribution in [0.25, 0.3) is 28.2 Å². The summed E-state index contributed by atoms with van der Waals surface area (Å²) in [6.45, 7) is 0.0852. The van der Waals surface area contributed by atoms with Crippen molar-refractivity contribution in [1.29, 1.82) is 0 Å². The lowest BCUT2D eigenvalue weighted by molar-refractivity contribution is -0.140. The highest BCUT2D eigenvalue weighted by atomic mass is 32.2. The number of alkyl halides is 6. The summed E-state index contributed by atoms with van der Waals surface area (Å²) in [5, 5.41) is 0. The third-order valence-electron chi connectivity index (χ3n) is 5.29. The zero-order chi connectivity index (χ0) is 26.1. The predicted molar refractivity (Wildman–Crippen MR) is 122 cm³/mol. The first-order valence-electron chi connectivity index (χ1n) is 10.3. The van der Waals surface area contributed by atoms with Gasteiger partial charge < -0.3 is 0 Å². The van der Waals surface area contributed by atoms with Crippen LogP contribution < -0.4 is 4.72 Å². The Bertz CT molecular complexity index is 1450. The van der Waals surface area contributed by atoms with Crippen molar-refractivity contribution in [2.75, 3.05) is 0 Å². The fourth-order valence-corrected chi connectivity index (χ4v) is 3.97. The van der Waals surface area contributed by atoms with Gasteiger partial charge in [-0.15, -0.1) is 0 Å². The molecule has 0 saturated carbocycles. The first-order valence-corrected chi connectivity index (χ1v) is 11.5. The van der Waals surface area contributed by atoms with E-state index >= 15 is 0 Å². The molecule has 0 atom stereocenters. The molecule has 0 spiro atoms. The van der Waals surface area contributed by atoms with Gasteiger partial charge in [0.2, 0.25) is 10.9 Å². The highest BCUT2D eigenvalue weighted by Gasteiger charge is 2.38. The molecule has 3 aromatic carbocycles. The Morgan fingerprint density at radius 1 is 0.806 bits per heavy atom. The summed E-state index contributed by atoms with van der Waals surface area (Å²) in [5.74, 6) is -0.497. The van der Waals surface area contributed by atoms with E-state index in [4.69, 9.17) is 0 Å². The number of imidazole rings is 1. The number of rotatable bonds is 6. The summed E-state index contributed by atoms with van der Waals surface area (Å²) in [7, 11) is -2.77. The van der Waals surface area contributed by atoms with Crippen LogP contribution >= 0.6 is 0 Å². The van der Waals surface area contributed by atoms with Crippen LogP contribution in [-0.4, -0.2) is 18.0 Å². The van der Waals surface area contributed by atoms with Crippen molar-refractivity contribution in [1.82, 2.24) is 14.3 Å². The molecule has 12 heteroatoms. The number of hydrogen-bond acceptors (Lipinski definition) is 3. The van der Waals surface area contributed by atoms with Crippen LogP contribution in [0.15, 0.2) is 79.0 Å². The molecule has 0 aliphatic rings. The standard InChI is InChI=1S/C24H17F6N3O2S/c25-23(26,27)20-7-2-1-6-19(20)22-32-21(24(28,29)30)14-33(22)18-10-8-16(9-11-18)17-5-3-4-15(12-17)13-31-36(34)35/h1-12,14,36H,13H2,(H,31,34,35). The molecule has 1 aromatic heterocycles. The predicted octanol–water partition coefficient (Wildman–Crippen LogP) is 5.86. The molecule has 0 unspecified atom stereocenters. The van der Waals surface area contributed by atoms with Crippen molar-refractivity contribution in [2.24, 2.45) is 0 Å². The number of nitrogens with zero attached hydrogens (tertiary/aromatic N) is 2. The number of thiol groups is 1. The zero-order valence-corrected chi connectivity index (χ0v) is 19.0. The molecular formula is C24H17F6N3O2S. The number of nitrogens with one attached hydrogen (secondary N) is 1. The fourth-order valence-electron chi connectivity index (χ4n) is 3.66. The van der Waals surface area contributed by atoms with Crippen LogP contribution in [0.4, 0.5) is 26.3 Å².